The van der Waals surface area contributed by atoms with Gasteiger partial charge in [-0.3, -0.25) is 4.79 Å². The van der Waals surface area contributed by atoms with E-state index < -0.39 is 0 Å². The zero-order valence-electron chi connectivity index (χ0n) is 23.4. The molecule has 0 radical (unpaired) electrons. The number of aromatic nitrogens is 3. The van der Waals surface area contributed by atoms with Gasteiger partial charge in [-0.1, -0.05) is 18.2 Å². The minimum absolute atomic E-state index is 0.00265. The molecule has 41 heavy (non-hydrogen) atoms. The first-order chi connectivity index (χ1) is 20.0. The largest absolute Gasteiger partial charge is 0.493 e. The zero-order valence-corrected chi connectivity index (χ0v) is 24.2. The summed E-state index contributed by atoms with van der Waals surface area (Å²) in [5, 5.41) is 9.56. The SMILES string of the molecule is COc1cc2[nH]c3ncnc(N4CCN(C(=S)NC5CCC(NC(=O)c6ccccc6)CC5)CC4)c3c2cc1OC. The van der Waals surface area contributed by atoms with Crippen LogP contribution in [0.25, 0.3) is 21.9 Å². The van der Waals surface area contributed by atoms with Crippen molar-refractivity contribution in [3.63, 3.8) is 0 Å². The molecule has 3 N–H and O–H groups in total. The number of carbonyl (C=O) groups is 1. The minimum Gasteiger partial charge on any atom is -0.493 e. The van der Waals surface area contributed by atoms with Crippen molar-refractivity contribution in [1.82, 2.24) is 30.5 Å². The first kappa shape index (κ1) is 27.1. The monoisotopic (exact) mass is 573 g/mol. The number of H-pyrrole nitrogens is 1. The number of aromatic amines is 1. The molecule has 11 heteroatoms. The van der Waals surface area contributed by atoms with E-state index >= 15 is 0 Å². The van der Waals surface area contributed by atoms with E-state index in [1.165, 1.54) is 0 Å². The fourth-order valence-electron chi connectivity index (χ4n) is 5.90. The van der Waals surface area contributed by atoms with Crippen LogP contribution in [-0.2, 0) is 0 Å². The molecule has 0 spiro atoms. The average molecular weight is 574 g/mol. The van der Waals surface area contributed by atoms with Crippen LogP contribution < -0.4 is 25.0 Å². The van der Waals surface area contributed by atoms with E-state index in [4.69, 9.17) is 21.7 Å². The van der Waals surface area contributed by atoms with Gasteiger partial charge in [0.25, 0.3) is 5.91 Å². The molecule has 3 heterocycles. The van der Waals surface area contributed by atoms with Crippen molar-refractivity contribution in [2.75, 3.05) is 45.3 Å². The van der Waals surface area contributed by atoms with Crippen molar-refractivity contribution in [3.8, 4) is 11.5 Å². The van der Waals surface area contributed by atoms with Gasteiger partial charge in [-0.2, -0.15) is 0 Å². The second kappa shape index (κ2) is 11.8. The van der Waals surface area contributed by atoms with Crippen molar-refractivity contribution in [1.29, 1.82) is 0 Å². The lowest BCUT2D eigenvalue weighted by molar-refractivity contribution is 0.0925. The number of hydrogen-bond acceptors (Lipinski definition) is 7. The number of nitrogens with zero attached hydrogens (tertiary/aromatic N) is 4. The normalized spacial score (nSPS) is 19.3. The number of thiocarbonyl (C=S) groups is 1. The van der Waals surface area contributed by atoms with Gasteiger partial charge in [0.15, 0.2) is 16.6 Å². The van der Waals surface area contributed by atoms with Gasteiger partial charge in [0.05, 0.1) is 25.1 Å². The molecule has 1 aliphatic heterocycles. The smallest absolute Gasteiger partial charge is 0.251 e. The van der Waals surface area contributed by atoms with Crippen molar-refractivity contribution in [3.05, 3.63) is 54.4 Å². The molecule has 4 aromatic rings. The molecule has 214 valence electrons. The van der Waals surface area contributed by atoms with Crippen molar-refractivity contribution >= 4 is 51.0 Å². The van der Waals surface area contributed by atoms with Crippen molar-refractivity contribution < 1.29 is 14.3 Å². The zero-order chi connectivity index (χ0) is 28.3. The third-order valence-electron chi connectivity index (χ3n) is 8.17. The maximum Gasteiger partial charge on any atom is 0.251 e. The second-order valence-electron chi connectivity index (χ2n) is 10.6. The summed E-state index contributed by atoms with van der Waals surface area (Å²) < 4.78 is 11.0. The number of hydrogen-bond donors (Lipinski definition) is 3. The molecule has 2 fully saturated rings. The third kappa shape index (κ3) is 5.58. The van der Waals surface area contributed by atoms with Gasteiger partial charge in [-0.05, 0) is 56.1 Å². The predicted octanol–water partition coefficient (Wildman–Crippen LogP) is 3.87. The fourth-order valence-corrected chi connectivity index (χ4v) is 6.25. The molecule has 0 bridgehead atoms. The van der Waals surface area contributed by atoms with Crippen LogP contribution in [0.1, 0.15) is 36.0 Å². The lowest BCUT2D eigenvalue weighted by atomic mass is 9.91. The number of carbonyl (C=O) groups excluding carboxylic acids is 1. The van der Waals surface area contributed by atoms with E-state index in [-0.39, 0.29) is 11.9 Å². The molecule has 1 aliphatic carbocycles. The van der Waals surface area contributed by atoms with Crippen LogP contribution in [0.3, 0.4) is 0 Å². The van der Waals surface area contributed by atoms with E-state index in [0.717, 1.165) is 84.7 Å². The van der Waals surface area contributed by atoms with E-state index in [9.17, 15) is 4.79 Å². The number of piperazine rings is 1. The fraction of sp³-hybridized carbons (Fsp3) is 0.400. The number of anilines is 1. The maximum absolute atomic E-state index is 12.5. The number of fused-ring (bicyclic) bond motifs is 3. The average Bonchev–Trinajstić information content (AvgIpc) is 3.39. The Morgan fingerprint density at radius 3 is 2.27 bits per heavy atom. The summed E-state index contributed by atoms with van der Waals surface area (Å²) in [6.07, 6.45) is 5.45. The highest BCUT2D eigenvalue weighted by molar-refractivity contribution is 7.80. The molecule has 0 atom stereocenters. The highest BCUT2D eigenvalue weighted by atomic mass is 32.1. The van der Waals surface area contributed by atoms with E-state index in [2.05, 4.69) is 35.4 Å². The summed E-state index contributed by atoms with van der Waals surface area (Å²) in [6.45, 7) is 3.21. The van der Waals surface area contributed by atoms with Gasteiger partial charge in [-0.25, -0.2) is 9.97 Å². The van der Waals surface area contributed by atoms with E-state index in [1.54, 1.807) is 20.5 Å². The molecule has 2 aromatic heterocycles. The molecule has 0 unspecified atom stereocenters. The van der Waals surface area contributed by atoms with Crippen LogP contribution in [0.2, 0.25) is 0 Å². The molecule has 10 nitrogen and oxygen atoms in total. The van der Waals surface area contributed by atoms with E-state index in [1.807, 2.05) is 42.5 Å². The standard InChI is InChI=1S/C30H35N7O3S/c1-39-24-16-22-23(17-25(24)40-2)35-27-26(22)28(32-18-31-27)36-12-14-37(15-13-36)30(41)34-21-10-8-20(9-11-21)33-29(38)19-6-4-3-5-7-19/h3-7,16-18,20-21H,8-15H2,1-2H3,(H,33,38)(H,34,41)(H,31,32,35). The van der Waals surface area contributed by atoms with Crippen LogP contribution in [0.5, 0.6) is 11.5 Å². The Hall–Kier alpha value is -4.12. The Balaban J connectivity index is 1.05. The maximum atomic E-state index is 12.5. The highest BCUT2D eigenvalue weighted by Gasteiger charge is 2.27. The van der Waals surface area contributed by atoms with Crippen LogP contribution >= 0.6 is 12.2 Å². The number of methoxy groups -OCH3 is 2. The summed E-state index contributed by atoms with van der Waals surface area (Å²) in [7, 11) is 3.27. The molecule has 1 saturated carbocycles. The summed E-state index contributed by atoms with van der Waals surface area (Å²) in [5.74, 6) is 2.25. The third-order valence-corrected chi connectivity index (χ3v) is 8.54. The quantitative estimate of drug-likeness (QED) is 0.296. The predicted molar refractivity (Wildman–Crippen MR) is 164 cm³/mol. The van der Waals surface area contributed by atoms with Crippen molar-refractivity contribution in [2.45, 2.75) is 37.8 Å². The highest BCUT2D eigenvalue weighted by Crippen LogP contribution is 2.38. The van der Waals surface area contributed by atoms with Gasteiger partial charge < -0.3 is 34.9 Å². The summed E-state index contributed by atoms with van der Waals surface area (Å²) in [5.41, 5.74) is 2.42. The first-order valence-corrected chi connectivity index (χ1v) is 14.5. The number of ether oxygens (including phenoxy) is 2. The second-order valence-corrected chi connectivity index (χ2v) is 11.0. The Labute approximate surface area is 244 Å². The molecule has 1 saturated heterocycles. The van der Waals surface area contributed by atoms with Crippen molar-refractivity contribution in [2.24, 2.45) is 0 Å². The van der Waals surface area contributed by atoms with Gasteiger partial charge in [0, 0.05) is 55.3 Å². The van der Waals surface area contributed by atoms with Crippen LogP contribution in [-0.4, -0.2) is 83.4 Å². The lowest BCUT2D eigenvalue weighted by Gasteiger charge is -2.38. The lowest BCUT2D eigenvalue weighted by Crippen LogP contribution is -2.54. The number of amides is 1. The molecule has 2 aromatic carbocycles. The molecule has 2 aliphatic rings. The van der Waals surface area contributed by atoms with Gasteiger partial charge >= 0.3 is 0 Å². The van der Waals surface area contributed by atoms with Crippen LogP contribution in [0, 0.1) is 0 Å². The topological polar surface area (TPSA) is 108 Å². The van der Waals surface area contributed by atoms with Crippen LogP contribution in [0.15, 0.2) is 48.8 Å². The number of benzene rings is 2. The molecular formula is C30H35N7O3S. The minimum atomic E-state index is 0.00265. The summed E-state index contributed by atoms with van der Waals surface area (Å²) in [4.78, 5) is 29.6. The summed E-state index contributed by atoms with van der Waals surface area (Å²) in [6, 6.07) is 13.8. The number of nitrogens with one attached hydrogen (secondary N) is 3. The Kier molecular flexibility index (Phi) is 7.78. The Morgan fingerprint density at radius 1 is 0.927 bits per heavy atom. The Bertz CT molecular complexity index is 1540. The van der Waals surface area contributed by atoms with E-state index in [0.29, 0.717) is 23.1 Å². The van der Waals surface area contributed by atoms with Gasteiger partial charge in [-0.15, -0.1) is 0 Å². The van der Waals surface area contributed by atoms with Gasteiger partial charge in [0.2, 0.25) is 0 Å². The molecule has 1 amide bonds. The Morgan fingerprint density at radius 2 is 1.59 bits per heavy atom. The summed E-state index contributed by atoms with van der Waals surface area (Å²) >= 11 is 5.82. The van der Waals surface area contributed by atoms with Crippen LogP contribution in [0.4, 0.5) is 5.82 Å². The molecular weight excluding hydrogens is 538 g/mol. The molecule has 6 rings (SSSR count). The number of rotatable bonds is 6. The van der Waals surface area contributed by atoms with Gasteiger partial charge in [0.1, 0.15) is 17.8 Å². The first-order valence-electron chi connectivity index (χ1n) is 14.1.